The predicted octanol–water partition coefficient (Wildman–Crippen LogP) is 3.32. The highest BCUT2D eigenvalue weighted by Gasteiger charge is 2.57. The summed E-state index contributed by atoms with van der Waals surface area (Å²) in [6.45, 7) is 12.1. The van der Waals surface area contributed by atoms with Crippen molar-refractivity contribution in [2.45, 2.75) is 65.5 Å². The van der Waals surface area contributed by atoms with Crippen LogP contribution >= 0.6 is 0 Å². The van der Waals surface area contributed by atoms with Gasteiger partial charge in [0.15, 0.2) is 0 Å². The van der Waals surface area contributed by atoms with Gasteiger partial charge in [0.05, 0.1) is 5.54 Å². The number of hydrogen-bond donors (Lipinski definition) is 2. The fourth-order valence-electron chi connectivity index (χ4n) is 3.68. The lowest BCUT2D eigenvalue weighted by Gasteiger charge is -2.49. The Balaban J connectivity index is 3.02. The number of amides is 2. The quantitative estimate of drug-likeness (QED) is 0.774. The topological polar surface area (TPSA) is 78.9 Å². The van der Waals surface area contributed by atoms with Crippen molar-refractivity contribution in [1.29, 1.82) is 0 Å². The van der Waals surface area contributed by atoms with Gasteiger partial charge in [-0.15, -0.1) is 12.3 Å². The van der Waals surface area contributed by atoms with E-state index in [0.717, 1.165) is 0 Å². The fourth-order valence-corrected chi connectivity index (χ4v) is 3.68. The zero-order valence-corrected chi connectivity index (χ0v) is 15.6. The molecular formula is C18H30N2O4. The van der Waals surface area contributed by atoms with Gasteiger partial charge in [-0.3, -0.25) is 0 Å². The molecular weight excluding hydrogens is 308 g/mol. The van der Waals surface area contributed by atoms with Gasteiger partial charge in [0.25, 0.3) is 0 Å². The Kier molecular flexibility index (Phi) is 5.81. The highest BCUT2D eigenvalue weighted by molar-refractivity contribution is 5.68. The molecule has 2 N–H and O–H groups in total. The predicted molar refractivity (Wildman–Crippen MR) is 92.7 cm³/mol. The monoisotopic (exact) mass is 338 g/mol. The molecule has 2 amide bonds. The molecule has 2 atom stereocenters. The first-order chi connectivity index (χ1) is 10.8. The fraction of sp³-hybridized carbons (Fsp3) is 0.778. The van der Waals surface area contributed by atoms with E-state index in [1.807, 2.05) is 20.8 Å². The third-order valence-corrected chi connectivity index (χ3v) is 4.65. The minimum atomic E-state index is -0.972. The van der Waals surface area contributed by atoms with E-state index in [9.17, 15) is 14.7 Å². The van der Waals surface area contributed by atoms with Crippen LogP contribution in [0.4, 0.5) is 9.59 Å². The van der Waals surface area contributed by atoms with E-state index in [2.05, 4.69) is 11.2 Å². The SMILES string of the molecule is C#CC[C@@]1(C(C)(C)C)[C@H](CNC(=O)OC(C)(C)C)CCN1C(=O)O. The summed E-state index contributed by atoms with van der Waals surface area (Å²) >= 11 is 0. The Bertz CT molecular complexity index is 525. The Morgan fingerprint density at radius 1 is 1.33 bits per heavy atom. The summed E-state index contributed by atoms with van der Waals surface area (Å²) in [5.41, 5.74) is -1.66. The molecule has 1 rings (SSSR count). The summed E-state index contributed by atoms with van der Waals surface area (Å²) in [5.74, 6) is 2.58. The average molecular weight is 338 g/mol. The molecule has 6 heteroatoms. The van der Waals surface area contributed by atoms with Crippen LogP contribution in [0.1, 0.15) is 54.4 Å². The molecule has 136 valence electrons. The second kappa shape index (κ2) is 6.92. The molecule has 24 heavy (non-hydrogen) atoms. The van der Waals surface area contributed by atoms with Crippen molar-refractivity contribution in [2.24, 2.45) is 11.3 Å². The first-order valence-electron chi connectivity index (χ1n) is 8.26. The lowest BCUT2D eigenvalue weighted by atomic mass is 9.65. The zero-order chi connectivity index (χ0) is 18.8. The van der Waals surface area contributed by atoms with Crippen molar-refractivity contribution in [3.05, 3.63) is 0 Å². The largest absolute Gasteiger partial charge is 0.465 e. The molecule has 0 saturated carbocycles. The van der Waals surface area contributed by atoms with Crippen LogP contribution in [-0.2, 0) is 4.74 Å². The van der Waals surface area contributed by atoms with Crippen LogP contribution in [0.3, 0.4) is 0 Å². The Morgan fingerprint density at radius 2 is 1.92 bits per heavy atom. The number of carbonyl (C=O) groups excluding carboxylic acids is 1. The van der Waals surface area contributed by atoms with E-state index in [4.69, 9.17) is 11.2 Å². The standard InChI is InChI=1S/C18H30N2O4/c1-8-10-18(16(2,3)4)13(9-11-20(18)15(22)23)12-19-14(21)24-17(5,6)7/h1,13H,9-12H2,2-7H3,(H,19,21)(H,22,23)/t13-,18-/m0/s1. The number of carboxylic acid groups (broad SMARTS) is 1. The average Bonchev–Trinajstić information content (AvgIpc) is 2.74. The Morgan fingerprint density at radius 3 is 2.33 bits per heavy atom. The molecule has 6 nitrogen and oxygen atoms in total. The maximum atomic E-state index is 11.9. The van der Waals surface area contributed by atoms with Gasteiger partial charge < -0.3 is 20.1 Å². The summed E-state index contributed by atoms with van der Waals surface area (Å²) < 4.78 is 5.27. The van der Waals surface area contributed by atoms with Gasteiger partial charge in [0, 0.05) is 25.4 Å². The number of hydrogen-bond acceptors (Lipinski definition) is 3. The molecule has 1 saturated heterocycles. The van der Waals surface area contributed by atoms with Gasteiger partial charge in [-0.1, -0.05) is 20.8 Å². The summed E-state index contributed by atoms with van der Waals surface area (Å²) in [4.78, 5) is 25.2. The molecule has 1 aliphatic heterocycles. The van der Waals surface area contributed by atoms with Crippen molar-refractivity contribution >= 4 is 12.2 Å². The van der Waals surface area contributed by atoms with E-state index in [0.29, 0.717) is 25.9 Å². The first-order valence-corrected chi connectivity index (χ1v) is 8.26. The third kappa shape index (κ3) is 4.14. The minimum Gasteiger partial charge on any atom is -0.465 e. The van der Waals surface area contributed by atoms with Gasteiger partial charge in [-0.2, -0.15) is 0 Å². The molecule has 0 unspecified atom stereocenters. The maximum absolute atomic E-state index is 11.9. The van der Waals surface area contributed by atoms with Gasteiger partial charge in [0.1, 0.15) is 5.60 Å². The number of likely N-dealkylation sites (tertiary alicyclic amines) is 1. The highest BCUT2D eigenvalue weighted by atomic mass is 16.6. The smallest absolute Gasteiger partial charge is 0.407 e. The van der Waals surface area contributed by atoms with E-state index in [1.165, 1.54) is 4.90 Å². The molecule has 0 aliphatic carbocycles. The summed E-state index contributed by atoms with van der Waals surface area (Å²) in [6, 6.07) is 0. The van der Waals surface area contributed by atoms with Crippen molar-refractivity contribution < 1.29 is 19.4 Å². The molecule has 0 radical (unpaired) electrons. The van der Waals surface area contributed by atoms with E-state index in [1.54, 1.807) is 20.8 Å². The van der Waals surface area contributed by atoms with E-state index >= 15 is 0 Å². The highest BCUT2D eigenvalue weighted by Crippen LogP contribution is 2.49. The molecule has 0 bridgehead atoms. The van der Waals surface area contributed by atoms with Gasteiger partial charge in [0.2, 0.25) is 0 Å². The van der Waals surface area contributed by atoms with Crippen LogP contribution in [0.25, 0.3) is 0 Å². The number of alkyl carbamates (subject to hydrolysis) is 1. The maximum Gasteiger partial charge on any atom is 0.407 e. The van der Waals surface area contributed by atoms with E-state index in [-0.39, 0.29) is 11.3 Å². The second-order valence-electron chi connectivity index (χ2n) is 8.36. The second-order valence-corrected chi connectivity index (χ2v) is 8.36. The number of nitrogens with zero attached hydrogens (tertiary/aromatic N) is 1. The normalized spacial score (nSPS) is 24.4. The van der Waals surface area contributed by atoms with Crippen molar-refractivity contribution in [3.8, 4) is 12.3 Å². The number of carbonyl (C=O) groups is 2. The first kappa shape index (κ1) is 20.1. The minimum absolute atomic E-state index is 0.0721. The van der Waals surface area contributed by atoms with Crippen LogP contribution < -0.4 is 5.32 Å². The molecule has 1 aliphatic rings. The van der Waals surface area contributed by atoms with Crippen molar-refractivity contribution in [1.82, 2.24) is 10.2 Å². The Hall–Kier alpha value is -1.90. The van der Waals surface area contributed by atoms with Crippen LogP contribution in [0.15, 0.2) is 0 Å². The van der Waals surface area contributed by atoms with Crippen molar-refractivity contribution in [3.63, 3.8) is 0 Å². The molecule has 1 heterocycles. The summed E-state index contributed by atoms with van der Waals surface area (Å²) in [6.07, 6.45) is 5.06. The van der Waals surface area contributed by atoms with Gasteiger partial charge in [-0.05, 0) is 32.6 Å². The van der Waals surface area contributed by atoms with Gasteiger partial charge >= 0.3 is 12.2 Å². The number of ether oxygens (including phenoxy) is 1. The molecule has 0 aromatic heterocycles. The van der Waals surface area contributed by atoms with Crippen molar-refractivity contribution in [2.75, 3.05) is 13.1 Å². The molecule has 0 spiro atoms. The van der Waals surface area contributed by atoms with Crippen LogP contribution in [0.2, 0.25) is 0 Å². The lowest BCUT2D eigenvalue weighted by Crippen LogP contribution is -2.60. The van der Waals surface area contributed by atoms with Crippen LogP contribution in [0.5, 0.6) is 0 Å². The van der Waals surface area contributed by atoms with Gasteiger partial charge in [-0.25, -0.2) is 9.59 Å². The third-order valence-electron chi connectivity index (χ3n) is 4.65. The summed E-state index contributed by atoms with van der Waals surface area (Å²) in [7, 11) is 0. The number of rotatable bonds is 3. The Labute approximate surface area is 144 Å². The lowest BCUT2D eigenvalue weighted by molar-refractivity contribution is 0.00443. The van der Waals surface area contributed by atoms with Crippen LogP contribution in [0, 0.1) is 23.7 Å². The number of terminal acetylenes is 1. The zero-order valence-electron chi connectivity index (χ0n) is 15.6. The molecule has 0 aromatic rings. The van der Waals surface area contributed by atoms with Crippen LogP contribution in [-0.4, -0.2) is 46.4 Å². The summed E-state index contributed by atoms with van der Waals surface area (Å²) in [5, 5.41) is 12.4. The number of nitrogens with one attached hydrogen (secondary N) is 1. The van der Waals surface area contributed by atoms with E-state index < -0.39 is 23.3 Å². The molecule has 0 aromatic carbocycles. The molecule has 1 fully saturated rings.